The molecule has 0 aliphatic heterocycles. The Morgan fingerprint density at radius 3 is 2.68 bits per heavy atom. The number of para-hydroxylation sites is 1. The van der Waals surface area contributed by atoms with Gasteiger partial charge in [0.05, 0.1) is 0 Å². The molecular weight excluding hydrogens is 276 g/mol. The Labute approximate surface area is 131 Å². The molecule has 22 heavy (non-hydrogen) atoms. The molecule has 0 aliphatic rings. The highest BCUT2D eigenvalue weighted by atomic mass is 16.1. The number of rotatable bonds is 6. The average molecular weight is 298 g/mol. The number of anilines is 2. The summed E-state index contributed by atoms with van der Waals surface area (Å²) in [6.45, 7) is 6.74. The summed E-state index contributed by atoms with van der Waals surface area (Å²) in [7, 11) is 0. The molecule has 116 valence electrons. The summed E-state index contributed by atoms with van der Waals surface area (Å²) in [6.07, 6.45) is 2.14. The number of carbonyl (C=O) groups is 1. The summed E-state index contributed by atoms with van der Waals surface area (Å²) < 4.78 is 0. The molecule has 0 atom stereocenters. The van der Waals surface area contributed by atoms with Gasteiger partial charge in [-0.3, -0.25) is 4.79 Å². The van der Waals surface area contributed by atoms with Crippen molar-refractivity contribution in [2.75, 3.05) is 17.2 Å². The van der Waals surface area contributed by atoms with Gasteiger partial charge in [0.1, 0.15) is 5.69 Å². The van der Waals surface area contributed by atoms with Crippen LogP contribution in [-0.2, 0) is 0 Å². The van der Waals surface area contributed by atoms with Crippen LogP contribution in [0, 0.1) is 13.8 Å². The highest BCUT2D eigenvalue weighted by molar-refractivity contribution is 6.03. The van der Waals surface area contributed by atoms with Gasteiger partial charge >= 0.3 is 0 Å². The molecule has 0 aliphatic carbocycles. The van der Waals surface area contributed by atoms with E-state index in [-0.39, 0.29) is 5.91 Å². The average Bonchev–Trinajstić information content (AvgIpc) is 2.49. The summed E-state index contributed by atoms with van der Waals surface area (Å²) in [5, 5.41) is 6.05. The highest BCUT2D eigenvalue weighted by Crippen LogP contribution is 2.15. The summed E-state index contributed by atoms with van der Waals surface area (Å²) in [5.74, 6) is 0.279. The molecule has 1 aromatic carbocycles. The first kappa shape index (κ1) is 15.9. The zero-order chi connectivity index (χ0) is 15.9. The van der Waals surface area contributed by atoms with Gasteiger partial charge in [-0.1, -0.05) is 31.5 Å². The lowest BCUT2D eigenvalue weighted by Gasteiger charge is -2.10. The van der Waals surface area contributed by atoms with Gasteiger partial charge in [-0.05, 0) is 38.0 Å². The van der Waals surface area contributed by atoms with Crippen molar-refractivity contribution in [1.29, 1.82) is 0 Å². The Bertz CT molecular complexity index is 655. The van der Waals surface area contributed by atoms with E-state index in [2.05, 4.69) is 27.5 Å². The number of amides is 1. The molecule has 5 nitrogen and oxygen atoms in total. The number of hydrogen-bond donors (Lipinski definition) is 2. The predicted octanol–water partition coefficient (Wildman–Crippen LogP) is 3.56. The fourth-order valence-electron chi connectivity index (χ4n) is 2.04. The van der Waals surface area contributed by atoms with Crippen LogP contribution < -0.4 is 10.6 Å². The van der Waals surface area contributed by atoms with Crippen molar-refractivity contribution in [2.45, 2.75) is 33.6 Å². The number of unbranched alkanes of at least 4 members (excludes halogenated alkanes) is 1. The third-order valence-corrected chi connectivity index (χ3v) is 3.29. The van der Waals surface area contributed by atoms with Crippen LogP contribution in [0.3, 0.4) is 0 Å². The molecule has 0 saturated carbocycles. The van der Waals surface area contributed by atoms with Crippen LogP contribution in [0.5, 0.6) is 0 Å². The van der Waals surface area contributed by atoms with E-state index >= 15 is 0 Å². The molecule has 2 N–H and O–H groups in total. The van der Waals surface area contributed by atoms with Crippen LogP contribution in [0.15, 0.2) is 30.3 Å². The number of hydrogen-bond acceptors (Lipinski definition) is 4. The molecule has 0 fully saturated rings. The van der Waals surface area contributed by atoms with Crippen LogP contribution in [0.25, 0.3) is 0 Å². The van der Waals surface area contributed by atoms with Crippen LogP contribution in [-0.4, -0.2) is 22.4 Å². The quantitative estimate of drug-likeness (QED) is 0.800. The molecule has 2 aromatic rings. The fraction of sp³-hybridized carbons (Fsp3) is 0.353. The van der Waals surface area contributed by atoms with Crippen LogP contribution in [0.2, 0.25) is 0 Å². The highest BCUT2D eigenvalue weighted by Gasteiger charge is 2.11. The Kier molecular flexibility index (Phi) is 5.47. The Balaban J connectivity index is 2.13. The molecule has 1 amide bonds. The number of nitrogens with one attached hydrogen (secondary N) is 2. The van der Waals surface area contributed by atoms with E-state index in [9.17, 15) is 4.79 Å². The Hall–Kier alpha value is -2.43. The second kappa shape index (κ2) is 7.54. The SMILES string of the molecule is CCCCNc1nc(C)cc(C(=O)Nc2ccccc2C)n1. The number of aromatic nitrogens is 2. The summed E-state index contributed by atoms with van der Waals surface area (Å²) in [4.78, 5) is 21.0. The summed E-state index contributed by atoms with van der Waals surface area (Å²) >= 11 is 0. The van der Waals surface area contributed by atoms with Gasteiger partial charge in [-0.25, -0.2) is 9.97 Å². The molecule has 1 heterocycles. The second-order valence-electron chi connectivity index (χ2n) is 5.27. The maximum absolute atomic E-state index is 12.4. The molecule has 5 heteroatoms. The van der Waals surface area contributed by atoms with Gasteiger partial charge in [0.25, 0.3) is 5.91 Å². The topological polar surface area (TPSA) is 66.9 Å². The largest absolute Gasteiger partial charge is 0.354 e. The Morgan fingerprint density at radius 1 is 1.18 bits per heavy atom. The smallest absolute Gasteiger partial charge is 0.274 e. The van der Waals surface area contributed by atoms with Gasteiger partial charge in [0, 0.05) is 17.9 Å². The minimum atomic E-state index is -0.224. The maximum atomic E-state index is 12.4. The van der Waals surface area contributed by atoms with E-state index < -0.39 is 0 Å². The van der Waals surface area contributed by atoms with Crippen molar-refractivity contribution in [2.24, 2.45) is 0 Å². The van der Waals surface area contributed by atoms with Gasteiger partial charge in [0.15, 0.2) is 0 Å². The summed E-state index contributed by atoms with van der Waals surface area (Å²) in [5.41, 5.74) is 2.95. The van der Waals surface area contributed by atoms with Crippen LogP contribution in [0.4, 0.5) is 11.6 Å². The van der Waals surface area contributed by atoms with Crippen molar-refractivity contribution in [3.05, 3.63) is 47.3 Å². The molecule has 0 bridgehead atoms. The van der Waals surface area contributed by atoms with E-state index in [1.54, 1.807) is 6.07 Å². The number of aryl methyl sites for hydroxylation is 2. The molecule has 0 radical (unpaired) electrons. The van der Waals surface area contributed by atoms with Crippen LogP contribution in [0.1, 0.15) is 41.5 Å². The maximum Gasteiger partial charge on any atom is 0.274 e. The van der Waals surface area contributed by atoms with E-state index in [1.165, 1.54) is 0 Å². The van der Waals surface area contributed by atoms with Crippen molar-refractivity contribution in [3.63, 3.8) is 0 Å². The zero-order valence-corrected chi connectivity index (χ0v) is 13.3. The lowest BCUT2D eigenvalue weighted by atomic mass is 10.2. The van der Waals surface area contributed by atoms with E-state index in [1.807, 2.05) is 38.1 Å². The molecular formula is C17H22N4O. The number of carbonyl (C=O) groups excluding carboxylic acids is 1. The fourth-order valence-corrected chi connectivity index (χ4v) is 2.04. The zero-order valence-electron chi connectivity index (χ0n) is 13.3. The molecule has 2 rings (SSSR count). The first-order valence-electron chi connectivity index (χ1n) is 7.56. The third-order valence-electron chi connectivity index (χ3n) is 3.29. The van der Waals surface area contributed by atoms with Gasteiger partial charge in [0.2, 0.25) is 5.95 Å². The molecule has 0 saturated heterocycles. The minimum Gasteiger partial charge on any atom is -0.354 e. The molecule has 0 unspecified atom stereocenters. The predicted molar refractivity (Wildman–Crippen MR) is 89.3 cm³/mol. The monoisotopic (exact) mass is 298 g/mol. The molecule has 1 aromatic heterocycles. The lowest BCUT2D eigenvalue weighted by molar-refractivity contribution is 0.102. The minimum absolute atomic E-state index is 0.224. The van der Waals surface area contributed by atoms with Crippen LogP contribution >= 0.6 is 0 Å². The van der Waals surface area contributed by atoms with Crippen molar-refractivity contribution in [1.82, 2.24) is 9.97 Å². The van der Waals surface area contributed by atoms with E-state index in [4.69, 9.17) is 0 Å². The first-order valence-corrected chi connectivity index (χ1v) is 7.56. The number of nitrogens with zero attached hydrogens (tertiary/aromatic N) is 2. The normalized spacial score (nSPS) is 10.3. The Morgan fingerprint density at radius 2 is 1.95 bits per heavy atom. The van der Waals surface area contributed by atoms with E-state index in [0.29, 0.717) is 11.6 Å². The van der Waals surface area contributed by atoms with Gasteiger partial charge < -0.3 is 10.6 Å². The number of benzene rings is 1. The van der Waals surface area contributed by atoms with E-state index in [0.717, 1.165) is 36.3 Å². The van der Waals surface area contributed by atoms with Gasteiger partial charge in [-0.15, -0.1) is 0 Å². The standard InChI is InChI=1S/C17H22N4O/c1-4-5-10-18-17-19-13(3)11-15(21-17)16(22)20-14-9-7-6-8-12(14)2/h6-9,11H,4-5,10H2,1-3H3,(H,20,22)(H,18,19,21). The first-order chi connectivity index (χ1) is 10.6. The molecule has 0 spiro atoms. The second-order valence-corrected chi connectivity index (χ2v) is 5.27. The van der Waals surface area contributed by atoms with Crippen molar-refractivity contribution in [3.8, 4) is 0 Å². The van der Waals surface area contributed by atoms with Crippen molar-refractivity contribution >= 4 is 17.5 Å². The lowest BCUT2D eigenvalue weighted by Crippen LogP contribution is -2.17. The van der Waals surface area contributed by atoms with Gasteiger partial charge in [-0.2, -0.15) is 0 Å². The third kappa shape index (κ3) is 4.28. The van der Waals surface area contributed by atoms with Crippen molar-refractivity contribution < 1.29 is 4.79 Å². The summed E-state index contributed by atoms with van der Waals surface area (Å²) in [6, 6.07) is 9.36.